The fourth-order valence-corrected chi connectivity index (χ4v) is 5.72. The molecular weight excluding hydrogens is 330 g/mol. The number of carbonyl (C=O) groups is 1. The van der Waals surface area contributed by atoms with Gasteiger partial charge in [0, 0.05) is 29.6 Å². The average molecular weight is 347 g/mol. The first-order valence-electron chi connectivity index (χ1n) is 7.94. The number of nitrogens with zero attached hydrogens (tertiary/aromatic N) is 3. The van der Waals surface area contributed by atoms with Crippen LogP contribution < -0.4 is 4.90 Å². The smallest absolute Gasteiger partial charge is 0.415 e. The van der Waals surface area contributed by atoms with Gasteiger partial charge in [-0.15, -0.1) is 22.7 Å². The molecule has 7 heteroatoms. The quantitative estimate of drug-likeness (QED) is 0.836. The fraction of sp³-hybridized carbons (Fsp3) is 0.500. The van der Waals surface area contributed by atoms with E-state index in [2.05, 4.69) is 21.3 Å². The van der Waals surface area contributed by atoms with Crippen LogP contribution in [-0.4, -0.2) is 47.8 Å². The van der Waals surface area contributed by atoms with Crippen LogP contribution in [0, 0.1) is 5.92 Å². The molecule has 6 rings (SSSR count). The van der Waals surface area contributed by atoms with E-state index in [9.17, 15) is 4.79 Å². The molecule has 0 unspecified atom stereocenters. The van der Waals surface area contributed by atoms with Gasteiger partial charge in [0.2, 0.25) is 0 Å². The summed E-state index contributed by atoms with van der Waals surface area (Å²) in [7, 11) is 0. The lowest BCUT2D eigenvalue weighted by molar-refractivity contribution is -0.0881. The minimum Gasteiger partial charge on any atom is -0.439 e. The Kier molecular flexibility index (Phi) is 3.05. The Balaban J connectivity index is 1.43. The zero-order valence-electron chi connectivity index (χ0n) is 12.6. The molecule has 0 aliphatic carbocycles. The van der Waals surface area contributed by atoms with Gasteiger partial charge in [0.25, 0.3) is 0 Å². The van der Waals surface area contributed by atoms with Gasteiger partial charge in [-0.2, -0.15) is 0 Å². The van der Waals surface area contributed by atoms with Crippen molar-refractivity contribution in [3.8, 4) is 10.4 Å². The maximum Gasteiger partial charge on any atom is 0.415 e. The molecule has 0 radical (unpaired) electrons. The molecule has 5 nitrogen and oxygen atoms in total. The van der Waals surface area contributed by atoms with Crippen molar-refractivity contribution in [1.82, 2.24) is 9.88 Å². The van der Waals surface area contributed by atoms with E-state index in [0.29, 0.717) is 12.5 Å². The highest BCUT2D eigenvalue weighted by atomic mass is 32.1. The Morgan fingerprint density at radius 3 is 2.83 bits per heavy atom. The molecule has 2 bridgehead atoms. The largest absolute Gasteiger partial charge is 0.439 e. The molecule has 0 N–H and O–H groups in total. The van der Waals surface area contributed by atoms with E-state index < -0.39 is 0 Å². The lowest BCUT2D eigenvalue weighted by Gasteiger charge is -2.49. The first-order chi connectivity index (χ1) is 11.2. The third-order valence-corrected chi connectivity index (χ3v) is 7.10. The highest BCUT2D eigenvalue weighted by Gasteiger charge is 2.55. The molecule has 2 aromatic rings. The Hall–Kier alpha value is -1.44. The monoisotopic (exact) mass is 347 g/mol. The van der Waals surface area contributed by atoms with Crippen LogP contribution >= 0.6 is 22.7 Å². The first kappa shape index (κ1) is 13.9. The van der Waals surface area contributed by atoms with Crippen molar-refractivity contribution in [3.05, 3.63) is 23.2 Å². The van der Waals surface area contributed by atoms with Crippen molar-refractivity contribution < 1.29 is 9.53 Å². The molecule has 4 saturated heterocycles. The van der Waals surface area contributed by atoms with Crippen LogP contribution in [-0.2, 0) is 4.74 Å². The number of hydrogen-bond donors (Lipinski definition) is 0. The standard InChI is InChI=1S/C16H17N3O2S2/c20-15-19(14-5-11(7-22-14)13-6-17-10-23-13)9-16(21-15)8-18-3-1-12(16)2-4-18/h5-7,10,12H,1-4,8-9H2/t16-/m0/s1. The predicted octanol–water partition coefficient (Wildman–Crippen LogP) is 3.29. The maximum absolute atomic E-state index is 12.5. The van der Waals surface area contributed by atoms with Gasteiger partial charge in [-0.25, -0.2) is 4.79 Å². The summed E-state index contributed by atoms with van der Waals surface area (Å²) in [6.07, 6.45) is 3.99. The summed E-state index contributed by atoms with van der Waals surface area (Å²) in [6.45, 7) is 3.89. The number of piperidine rings is 3. The van der Waals surface area contributed by atoms with Gasteiger partial charge in [0.05, 0.1) is 16.9 Å². The van der Waals surface area contributed by atoms with E-state index >= 15 is 0 Å². The van der Waals surface area contributed by atoms with E-state index in [1.807, 2.05) is 16.6 Å². The summed E-state index contributed by atoms with van der Waals surface area (Å²) in [5, 5.41) is 3.07. The summed E-state index contributed by atoms with van der Waals surface area (Å²) in [4.78, 5) is 22.0. The van der Waals surface area contributed by atoms with Gasteiger partial charge < -0.3 is 4.74 Å². The van der Waals surface area contributed by atoms with Gasteiger partial charge >= 0.3 is 6.09 Å². The van der Waals surface area contributed by atoms with Crippen LogP contribution in [0.3, 0.4) is 0 Å². The zero-order chi connectivity index (χ0) is 15.4. The molecule has 0 saturated carbocycles. The van der Waals surface area contributed by atoms with Crippen molar-refractivity contribution >= 4 is 33.8 Å². The molecule has 120 valence electrons. The molecule has 0 aromatic carbocycles. The molecule has 4 aliphatic rings. The van der Waals surface area contributed by atoms with Crippen LogP contribution in [0.1, 0.15) is 12.8 Å². The van der Waals surface area contributed by atoms with E-state index in [1.165, 1.54) is 0 Å². The van der Waals surface area contributed by atoms with Crippen molar-refractivity contribution in [1.29, 1.82) is 0 Å². The van der Waals surface area contributed by atoms with E-state index in [4.69, 9.17) is 4.74 Å². The number of carbonyl (C=O) groups excluding carboxylic acids is 1. The number of anilines is 1. The first-order valence-corrected chi connectivity index (χ1v) is 9.70. The highest BCUT2D eigenvalue weighted by molar-refractivity contribution is 7.16. The van der Waals surface area contributed by atoms with Crippen LogP contribution in [0.25, 0.3) is 10.4 Å². The minimum atomic E-state index is -0.289. The van der Waals surface area contributed by atoms with Crippen LogP contribution in [0.2, 0.25) is 0 Å². The number of amides is 1. The lowest BCUT2D eigenvalue weighted by atomic mass is 9.75. The van der Waals surface area contributed by atoms with Gasteiger partial charge in [-0.1, -0.05) is 0 Å². The number of fused-ring (bicyclic) bond motifs is 2. The van der Waals surface area contributed by atoms with Gasteiger partial charge in [-0.3, -0.25) is 14.8 Å². The van der Waals surface area contributed by atoms with E-state index in [-0.39, 0.29) is 11.7 Å². The van der Waals surface area contributed by atoms with Gasteiger partial charge in [0.15, 0.2) is 0 Å². The Bertz CT molecular complexity index is 736. The van der Waals surface area contributed by atoms with Gasteiger partial charge in [-0.05, 0) is 32.0 Å². The molecule has 6 heterocycles. The molecule has 4 aliphatic heterocycles. The summed E-state index contributed by atoms with van der Waals surface area (Å²) in [5.41, 5.74) is 2.68. The molecule has 1 spiro atoms. The van der Waals surface area contributed by atoms with Crippen LogP contribution in [0.15, 0.2) is 23.2 Å². The third-order valence-electron chi connectivity index (χ3n) is 5.33. The Labute approximate surface area is 142 Å². The van der Waals surface area contributed by atoms with Crippen LogP contribution in [0.4, 0.5) is 9.80 Å². The topological polar surface area (TPSA) is 45.7 Å². The average Bonchev–Trinajstić information content (AvgIpc) is 3.28. The molecule has 1 atom stereocenters. The predicted molar refractivity (Wildman–Crippen MR) is 91.1 cm³/mol. The normalized spacial score (nSPS) is 32.7. The highest BCUT2D eigenvalue weighted by Crippen LogP contribution is 2.44. The Morgan fingerprint density at radius 2 is 2.13 bits per heavy atom. The second-order valence-electron chi connectivity index (χ2n) is 6.61. The van der Waals surface area contributed by atoms with Crippen molar-refractivity contribution in [3.63, 3.8) is 0 Å². The Morgan fingerprint density at radius 1 is 1.26 bits per heavy atom. The molecule has 23 heavy (non-hydrogen) atoms. The zero-order valence-corrected chi connectivity index (χ0v) is 14.2. The van der Waals surface area contributed by atoms with Crippen LogP contribution in [0.5, 0.6) is 0 Å². The lowest BCUT2D eigenvalue weighted by Crippen LogP contribution is -2.61. The number of rotatable bonds is 2. The number of hydrogen-bond acceptors (Lipinski definition) is 6. The number of aromatic nitrogens is 1. The van der Waals surface area contributed by atoms with Crippen molar-refractivity contribution in [2.75, 3.05) is 31.1 Å². The molecule has 2 aromatic heterocycles. The molecular formula is C16H17N3O2S2. The number of thiazole rings is 1. The number of ether oxygens (including phenoxy) is 1. The second-order valence-corrected chi connectivity index (χ2v) is 8.38. The SMILES string of the molecule is O=C1O[C@@]2(CN3CCC2CC3)CN1c1cc(-c2cncs2)cs1. The fourth-order valence-electron chi connectivity index (χ4n) is 4.13. The van der Waals surface area contributed by atoms with Gasteiger partial charge in [0.1, 0.15) is 10.6 Å². The third kappa shape index (κ3) is 2.14. The summed E-state index contributed by atoms with van der Waals surface area (Å²) in [6, 6.07) is 2.08. The van der Waals surface area contributed by atoms with Crippen molar-refractivity contribution in [2.24, 2.45) is 5.92 Å². The van der Waals surface area contributed by atoms with E-state index in [1.54, 1.807) is 22.7 Å². The maximum atomic E-state index is 12.5. The van der Waals surface area contributed by atoms with E-state index in [0.717, 1.165) is 47.9 Å². The minimum absolute atomic E-state index is 0.184. The molecule has 1 amide bonds. The summed E-state index contributed by atoms with van der Waals surface area (Å²) in [5.74, 6) is 0.516. The summed E-state index contributed by atoms with van der Waals surface area (Å²) >= 11 is 3.22. The second kappa shape index (κ2) is 5.03. The molecule has 4 fully saturated rings. The summed E-state index contributed by atoms with van der Waals surface area (Å²) < 4.78 is 5.93. The van der Waals surface area contributed by atoms with Crippen molar-refractivity contribution in [2.45, 2.75) is 18.4 Å². The number of thiophene rings is 1.